The molecule has 33 heavy (non-hydrogen) atoms. The molecular weight excluding hydrogens is 444 g/mol. The van der Waals surface area contributed by atoms with E-state index in [0.29, 0.717) is 22.7 Å². The van der Waals surface area contributed by atoms with E-state index < -0.39 is 21.9 Å². The molecule has 172 valence electrons. The Morgan fingerprint density at radius 2 is 1.52 bits per heavy atom. The number of sulfonamides is 1. The van der Waals surface area contributed by atoms with Crippen LogP contribution in [0.15, 0.2) is 77.7 Å². The number of carbonyl (C=O) groups excluding carboxylic acids is 2. The van der Waals surface area contributed by atoms with Crippen molar-refractivity contribution in [3.05, 3.63) is 83.9 Å². The zero-order valence-electron chi connectivity index (χ0n) is 18.4. The zero-order valence-corrected chi connectivity index (χ0v) is 19.3. The third-order valence-electron chi connectivity index (χ3n) is 4.85. The summed E-state index contributed by atoms with van der Waals surface area (Å²) in [6.07, 6.45) is 0. The molecule has 0 aromatic heterocycles. The number of hydrogen-bond donors (Lipinski definition) is 1. The van der Waals surface area contributed by atoms with Crippen LogP contribution in [0.4, 0.5) is 11.4 Å². The first-order chi connectivity index (χ1) is 15.8. The summed E-state index contributed by atoms with van der Waals surface area (Å²) in [5.41, 5.74) is 1.54. The van der Waals surface area contributed by atoms with Crippen molar-refractivity contribution >= 4 is 33.3 Å². The molecule has 0 spiro atoms. The summed E-state index contributed by atoms with van der Waals surface area (Å²) in [7, 11) is -0.958. The number of anilines is 2. The van der Waals surface area contributed by atoms with Crippen molar-refractivity contribution in [3.8, 4) is 5.75 Å². The van der Waals surface area contributed by atoms with Crippen molar-refractivity contribution in [1.29, 1.82) is 0 Å². The van der Waals surface area contributed by atoms with Gasteiger partial charge in [-0.25, -0.2) is 13.2 Å². The van der Waals surface area contributed by atoms with Crippen LogP contribution in [0.2, 0.25) is 0 Å². The molecule has 0 saturated heterocycles. The van der Waals surface area contributed by atoms with Crippen molar-refractivity contribution in [2.24, 2.45) is 0 Å². The van der Waals surface area contributed by atoms with Crippen molar-refractivity contribution in [2.75, 3.05) is 30.4 Å². The van der Waals surface area contributed by atoms with Crippen LogP contribution in [0.25, 0.3) is 0 Å². The predicted molar refractivity (Wildman–Crippen MR) is 125 cm³/mol. The summed E-state index contributed by atoms with van der Waals surface area (Å²) < 4.78 is 37.4. The SMILES string of the molecule is CCOC(=O)c1ccc(NC(=O)c2ccc(S(=O)(=O)N(C)c3ccccc3OC)cc2)cc1. The third kappa shape index (κ3) is 5.32. The monoisotopic (exact) mass is 468 g/mol. The molecule has 1 amide bonds. The van der Waals surface area contributed by atoms with E-state index in [-0.39, 0.29) is 17.1 Å². The molecule has 0 fully saturated rings. The van der Waals surface area contributed by atoms with Gasteiger partial charge in [-0.1, -0.05) is 12.1 Å². The Balaban J connectivity index is 1.74. The summed E-state index contributed by atoms with van der Waals surface area (Å²) in [5, 5.41) is 2.71. The summed E-state index contributed by atoms with van der Waals surface area (Å²) in [6, 6.07) is 18.7. The van der Waals surface area contributed by atoms with Crippen LogP contribution in [0.3, 0.4) is 0 Å². The molecule has 0 unspecified atom stereocenters. The lowest BCUT2D eigenvalue weighted by atomic mass is 10.2. The number of nitrogens with one attached hydrogen (secondary N) is 1. The van der Waals surface area contributed by atoms with E-state index in [1.165, 1.54) is 38.4 Å². The van der Waals surface area contributed by atoms with E-state index in [1.807, 2.05) is 0 Å². The first-order valence-corrected chi connectivity index (χ1v) is 11.5. The third-order valence-corrected chi connectivity index (χ3v) is 6.64. The van der Waals surface area contributed by atoms with Gasteiger partial charge in [0.25, 0.3) is 15.9 Å². The Kier molecular flexibility index (Phi) is 7.34. The highest BCUT2D eigenvalue weighted by Gasteiger charge is 2.24. The molecule has 0 heterocycles. The number of carbonyl (C=O) groups is 2. The first kappa shape index (κ1) is 23.8. The van der Waals surface area contributed by atoms with E-state index in [9.17, 15) is 18.0 Å². The van der Waals surface area contributed by atoms with Crippen molar-refractivity contribution in [2.45, 2.75) is 11.8 Å². The van der Waals surface area contributed by atoms with Gasteiger partial charge in [-0.15, -0.1) is 0 Å². The van der Waals surface area contributed by atoms with E-state index in [4.69, 9.17) is 9.47 Å². The number of ether oxygens (including phenoxy) is 2. The van der Waals surface area contributed by atoms with Gasteiger partial charge in [-0.3, -0.25) is 9.10 Å². The number of para-hydroxylation sites is 2. The topological polar surface area (TPSA) is 102 Å². The average molecular weight is 469 g/mol. The number of esters is 1. The lowest BCUT2D eigenvalue weighted by Crippen LogP contribution is -2.27. The van der Waals surface area contributed by atoms with Crippen LogP contribution in [-0.4, -0.2) is 41.1 Å². The minimum Gasteiger partial charge on any atom is -0.495 e. The van der Waals surface area contributed by atoms with Gasteiger partial charge < -0.3 is 14.8 Å². The Morgan fingerprint density at radius 3 is 2.12 bits per heavy atom. The second kappa shape index (κ2) is 10.2. The second-order valence-electron chi connectivity index (χ2n) is 6.92. The standard InChI is InChI=1S/C24H24N2O6S/c1-4-32-24(28)18-9-13-19(14-10-18)25-23(27)17-11-15-20(16-12-17)33(29,30)26(2)21-7-5-6-8-22(21)31-3/h5-16H,4H2,1-3H3,(H,25,27). The van der Waals surface area contributed by atoms with E-state index >= 15 is 0 Å². The molecule has 0 radical (unpaired) electrons. The van der Waals surface area contributed by atoms with Crippen molar-refractivity contribution < 1.29 is 27.5 Å². The summed E-state index contributed by atoms with van der Waals surface area (Å²) in [4.78, 5) is 24.3. The average Bonchev–Trinajstić information content (AvgIpc) is 2.84. The maximum atomic E-state index is 13.0. The highest BCUT2D eigenvalue weighted by molar-refractivity contribution is 7.92. The van der Waals surface area contributed by atoms with E-state index in [2.05, 4.69) is 5.32 Å². The van der Waals surface area contributed by atoms with Crippen LogP contribution in [0.1, 0.15) is 27.6 Å². The highest BCUT2D eigenvalue weighted by atomic mass is 32.2. The van der Waals surface area contributed by atoms with Gasteiger partial charge in [0.1, 0.15) is 5.75 Å². The fourth-order valence-corrected chi connectivity index (χ4v) is 4.27. The maximum absolute atomic E-state index is 13.0. The minimum atomic E-state index is -3.87. The van der Waals surface area contributed by atoms with Crippen LogP contribution < -0.4 is 14.4 Å². The molecule has 0 bridgehead atoms. The normalized spacial score (nSPS) is 10.9. The molecular formula is C24H24N2O6S. The summed E-state index contributed by atoms with van der Waals surface area (Å²) >= 11 is 0. The minimum absolute atomic E-state index is 0.0336. The zero-order chi connectivity index (χ0) is 24.0. The van der Waals surface area contributed by atoms with Gasteiger partial charge >= 0.3 is 5.97 Å². The lowest BCUT2D eigenvalue weighted by molar-refractivity contribution is 0.0526. The smallest absolute Gasteiger partial charge is 0.338 e. The van der Waals surface area contributed by atoms with Crippen molar-refractivity contribution in [1.82, 2.24) is 0 Å². The van der Waals surface area contributed by atoms with Crippen LogP contribution in [0.5, 0.6) is 5.75 Å². The Morgan fingerprint density at radius 1 is 0.909 bits per heavy atom. The molecule has 0 aliphatic carbocycles. The fraction of sp³-hybridized carbons (Fsp3) is 0.167. The second-order valence-corrected chi connectivity index (χ2v) is 8.89. The van der Waals surface area contributed by atoms with Crippen molar-refractivity contribution in [3.63, 3.8) is 0 Å². The maximum Gasteiger partial charge on any atom is 0.338 e. The largest absolute Gasteiger partial charge is 0.495 e. The van der Waals surface area contributed by atoms with Gasteiger partial charge in [0, 0.05) is 18.3 Å². The predicted octanol–water partition coefficient (Wildman–Crippen LogP) is 3.95. The number of benzene rings is 3. The summed E-state index contributed by atoms with van der Waals surface area (Å²) in [6.45, 7) is 2.00. The molecule has 0 atom stereocenters. The van der Waals surface area contributed by atoms with Crippen LogP contribution in [-0.2, 0) is 14.8 Å². The van der Waals surface area contributed by atoms with Gasteiger partial charge in [0.15, 0.2) is 0 Å². The molecule has 3 rings (SSSR count). The molecule has 3 aromatic rings. The molecule has 1 N–H and O–H groups in total. The van der Waals surface area contributed by atoms with E-state index in [1.54, 1.807) is 55.5 Å². The molecule has 3 aromatic carbocycles. The van der Waals surface area contributed by atoms with Gasteiger partial charge in [-0.2, -0.15) is 0 Å². The fourth-order valence-electron chi connectivity index (χ4n) is 3.06. The Labute approximate surface area is 192 Å². The number of methoxy groups -OCH3 is 1. The van der Waals surface area contributed by atoms with Crippen LogP contribution >= 0.6 is 0 Å². The van der Waals surface area contributed by atoms with E-state index in [0.717, 1.165) is 4.31 Å². The molecule has 0 saturated carbocycles. The summed E-state index contributed by atoms with van der Waals surface area (Å²) in [5.74, 6) is -0.431. The van der Waals surface area contributed by atoms with Gasteiger partial charge in [-0.05, 0) is 67.6 Å². The van der Waals surface area contributed by atoms with Gasteiger partial charge in [0.2, 0.25) is 0 Å². The molecule has 8 nitrogen and oxygen atoms in total. The number of hydrogen-bond acceptors (Lipinski definition) is 6. The Bertz CT molecular complexity index is 1240. The lowest BCUT2D eigenvalue weighted by Gasteiger charge is -2.21. The first-order valence-electron chi connectivity index (χ1n) is 10.1. The molecule has 0 aliphatic heterocycles. The number of rotatable bonds is 8. The Hall–Kier alpha value is -3.85. The highest BCUT2D eigenvalue weighted by Crippen LogP contribution is 2.30. The molecule has 0 aliphatic rings. The quantitative estimate of drug-likeness (QED) is 0.502. The number of amides is 1. The van der Waals surface area contributed by atoms with Gasteiger partial charge in [0.05, 0.1) is 29.9 Å². The van der Waals surface area contributed by atoms with Crippen LogP contribution in [0, 0.1) is 0 Å². The number of nitrogens with zero attached hydrogens (tertiary/aromatic N) is 1. The molecule has 9 heteroatoms.